The molecule has 1 amide bonds. The summed E-state index contributed by atoms with van der Waals surface area (Å²) in [6, 6.07) is 12.3. The molecule has 2 rings (SSSR count). The number of halogens is 2. The largest absolute Gasteiger partial charge is 0.349 e. The molecule has 0 aliphatic heterocycles. The number of hydrogen-bond donors (Lipinski definition) is 1. The number of rotatable bonds is 5. The lowest BCUT2D eigenvalue weighted by atomic mass is 9.98. The number of Topliss-reactive ketones (excluding diaryl/α,β-unsaturated/α-hetero) is 1. The van der Waals surface area contributed by atoms with Gasteiger partial charge >= 0.3 is 0 Å². The molecule has 0 fully saturated rings. The van der Waals surface area contributed by atoms with Gasteiger partial charge in [-0.15, -0.1) is 0 Å². The molecular weight excluding hydrogens is 349 g/mol. The Labute approximate surface area is 136 Å². The quantitative estimate of drug-likeness (QED) is 0.814. The summed E-state index contributed by atoms with van der Waals surface area (Å²) in [6.45, 7) is 1.39. The van der Waals surface area contributed by atoms with E-state index >= 15 is 0 Å². The van der Waals surface area contributed by atoms with Crippen LogP contribution in [0, 0.1) is 5.82 Å². The second-order valence-electron chi connectivity index (χ2n) is 4.94. The Bertz CT molecular complexity index is 668. The van der Waals surface area contributed by atoms with E-state index in [2.05, 4.69) is 21.2 Å². The van der Waals surface area contributed by atoms with Crippen LogP contribution >= 0.6 is 15.9 Å². The predicted octanol–water partition coefficient (Wildman–Crippen LogP) is 4.04. The smallest absolute Gasteiger partial charge is 0.217 e. The van der Waals surface area contributed by atoms with Crippen molar-refractivity contribution in [2.75, 3.05) is 0 Å². The van der Waals surface area contributed by atoms with Gasteiger partial charge in [-0.1, -0.05) is 40.2 Å². The van der Waals surface area contributed by atoms with E-state index in [0.717, 1.165) is 4.47 Å². The van der Waals surface area contributed by atoms with Gasteiger partial charge in [-0.2, -0.15) is 0 Å². The first-order valence-corrected chi connectivity index (χ1v) is 7.56. The summed E-state index contributed by atoms with van der Waals surface area (Å²) >= 11 is 3.32. The van der Waals surface area contributed by atoms with Crippen molar-refractivity contribution in [3.05, 3.63) is 69.9 Å². The Morgan fingerprint density at radius 3 is 2.23 bits per heavy atom. The maximum atomic E-state index is 13.0. The molecule has 2 aromatic rings. The minimum Gasteiger partial charge on any atom is -0.349 e. The first kappa shape index (κ1) is 16.4. The maximum absolute atomic E-state index is 13.0. The summed E-state index contributed by atoms with van der Waals surface area (Å²) in [5.74, 6) is -0.682. The van der Waals surface area contributed by atoms with Crippen LogP contribution in [0.15, 0.2) is 53.0 Å². The third kappa shape index (κ3) is 4.49. The Hall–Kier alpha value is -2.01. The Kier molecular flexibility index (Phi) is 5.44. The van der Waals surface area contributed by atoms with Gasteiger partial charge in [0.25, 0.3) is 0 Å². The van der Waals surface area contributed by atoms with E-state index in [4.69, 9.17) is 0 Å². The molecule has 1 N–H and O–H groups in total. The normalized spacial score (nSPS) is 11.8. The highest BCUT2D eigenvalue weighted by atomic mass is 79.9. The number of carbonyl (C=O) groups excluding carboxylic acids is 2. The lowest BCUT2D eigenvalue weighted by Gasteiger charge is -2.18. The average molecular weight is 364 g/mol. The summed E-state index contributed by atoms with van der Waals surface area (Å²) in [5.41, 5.74) is 1.27. The molecule has 0 aliphatic rings. The van der Waals surface area contributed by atoms with Crippen LogP contribution in [0.1, 0.15) is 35.3 Å². The molecule has 0 aromatic heterocycles. The van der Waals surface area contributed by atoms with Crippen molar-refractivity contribution in [1.29, 1.82) is 0 Å². The lowest BCUT2D eigenvalue weighted by molar-refractivity contribution is -0.119. The van der Waals surface area contributed by atoms with Gasteiger partial charge in [0.15, 0.2) is 5.78 Å². The van der Waals surface area contributed by atoms with Crippen LogP contribution in [0.3, 0.4) is 0 Å². The SMILES string of the molecule is CC(=O)NC(CC(=O)c1ccc(Br)cc1)c1ccc(F)cc1. The average Bonchev–Trinajstić information content (AvgIpc) is 2.47. The van der Waals surface area contributed by atoms with E-state index in [0.29, 0.717) is 11.1 Å². The summed E-state index contributed by atoms with van der Waals surface area (Å²) < 4.78 is 13.9. The van der Waals surface area contributed by atoms with Crippen LogP contribution < -0.4 is 5.32 Å². The molecule has 2 aromatic carbocycles. The van der Waals surface area contributed by atoms with Crippen molar-refractivity contribution < 1.29 is 14.0 Å². The highest BCUT2D eigenvalue weighted by Gasteiger charge is 2.18. The Balaban J connectivity index is 2.19. The van der Waals surface area contributed by atoms with E-state index in [9.17, 15) is 14.0 Å². The standard InChI is InChI=1S/C17H15BrFNO2/c1-11(21)20-16(12-4-8-15(19)9-5-12)10-17(22)13-2-6-14(18)7-3-13/h2-9,16H,10H2,1H3,(H,20,21). The summed E-state index contributed by atoms with van der Waals surface area (Å²) in [4.78, 5) is 23.7. The second-order valence-corrected chi connectivity index (χ2v) is 5.85. The van der Waals surface area contributed by atoms with E-state index in [-0.39, 0.29) is 23.9 Å². The zero-order valence-corrected chi connectivity index (χ0v) is 13.6. The van der Waals surface area contributed by atoms with Gasteiger partial charge in [0.2, 0.25) is 5.91 Å². The number of hydrogen-bond acceptors (Lipinski definition) is 2. The molecule has 1 atom stereocenters. The van der Waals surface area contributed by atoms with Crippen LogP contribution in [0.5, 0.6) is 0 Å². The van der Waals surface area contributed by atoms with Crippen molar-refractivity contribution in [3.8, 4) is 0 Å². The predicted molar refractivity (Wildman–Crippen MR) is 86.0 cm³/mol. The monoisotopic (exact) mass is 363 g/mol. The minimum absolute atomic E-state index is 0.0874. The summed E-state index contributed by atoms with van der Waals surface area (Å²) in [6.07, 6.45) is 0.118. The fraction of sp³-hybridized carbons (Fsp3) is 0.176. The molecule has 1 unspecified atom stereocenters. The zero-order valence-electron chi connectivity index (χ0n) is 12.0. The van der Waals surface area contributed by atoms with E-state index in [1.807, 2.05) is 0 Å². The van der Waals surface area contributed by atoms with Crippen molar-refractivity contribution in [2.24, 2.45) is 0 Å². The number of nitrogens with one attached hydrogen (secondary N) is 1. The first-order chi connectivity index (χ1) is 10.5. The fourth-order valence-electron chi connectivity index (χ4n) is 2.13. The van der Waals surface area contributed by atoms with E-state index in [1.165, 1.54) is 19.1 Å². The van der Waals surface area contributed by atoms with E-state index in [1.54, 1.807) is 36.4 Å². The lowest BCUT2D eigenvalue weighted by Crippen LogP contribution is -2.28. The van der Waals surface area contributed by atoms with Crippen molar-refractivity contribution >= 4 is 27.6 Å². The van der Waals surface area contributed by atoms with Crippen molar-refractivity contribution in [1.82, 2.24) is 5.32 Å². The first-order valence-electron chi connectivity index (χ1n) is 6.77. The molecule has 0 bridgehead atoms. The molecule has 114 valence electrons. The zero-order chi connectivity index (χ0) is 16.1. The fourth-order valence-corrected chi connectivity index (χ4v) is 2.40. The Morgan fingerprint density at radius 1 is 1.09 bits per heavy atom. The molecule has 0 spiro atoms. The maximum Gasteiger partial charge on any atom is 0.217 e. The highest BCUT2D eigenvalue weighted by Crippen LogP contribution is 2.21. The molecule has 5 heteroatoms. The minimum atomic E-state index is -0.478. The third-order valence-electron chi connectivity index (χ3n) is 3.21. The van der Waals surface area contributed by atoms with Gasteiger partial charge < -0.3 is 5.32 Å². The summed E-state index contributed by atoms with van der Waals surface area (Å²) in [5, 5.41) is 2.74. The van der Waals surface area contributed by atoms with Gasteiger partial charge in [-0.25, -0.2) is 4.39 Å². The van der Waals surface area contributed by atoms with E-state index < -0.39 is 6.04 Å². The Morgan fingerprint density at radius 2 is 1.68 bits per heavy atom. The molecule has 0 heterocycles. The highest BCUT2D eigenvalue weighted by molar-refractivity contribution is 9.10. The molecule has 0 aliphatic carbocycles. The molecule has 22 heavy (non-hydrogen) atoms. The van der Waals surface area contributed by atoms with Gasteiger partial charge in [0.1, 0.15) is 5.82 Å². The number of benzene rings is 2. The molecule has 3 nitrogen and oxygen atoms in total. The van der Waals surface area contributed by atoms with Gasteiger partial charge in [-0.05, 0) is 29.8 Å². The van der Waals surface area contributed by atoms with Crippen LogP contribution in [-0.2, 0) is 4.79 Å². The van der Waals surface area contributed by atoms with Gasteiger partial charge in [0.05, 0.1) is 6.04 Å². The van der Waals surface area contributed by atoms with Crippen molar-refractivity contribution in [3.63, 3.8) is 0 Å². The van der Waals surface area contributed by atoms with Crippen LogP contribution in [-0.4, -0.2) is 11.7 Å². The molecular formula is C17H15BrFNO2. The second kappa shape index (κ2) is 7.31. The number of ketones is 1. The van der Waals surface area contributed by atoms with Crippen LogP contribution in [0.25, 0.3) is 0 Å². The molecule has 0 saturated carbocycles. The van der Waals surface area contributed by atoms with Crippen molar-refractivity contribution in [2.45, 2.75) is 19.4 Å². The number of amides is 1. The van der Waals surface area contributed by atoms with Crippen LogP contribution in [0.2, 0.25) is 0 Å². The van der Waals surface area contributed by atoms with Gasteiger partial charge in [0, 0.05) is 23.4 Å². The third-order valence-corrected chi connectivity index (χ3v) is 3.73. The van der Waals surface area contributed by atoms with Crippen LogP contribution in [0.4, 0.5) is 4.39 Å². The molecule has 0 saturated heterocycles. The molecule has 0 radical (unpaired) electrons. The summed E-state index contributed by atoms with van der Waals surface area (Å²) in [7, 11) is 0. The topological polar surface area (TPSA) is 46.2 Å². The number of carbonyl (C=O) groups is 2. The van der Waals surface area contributed by atoms with Gasteiger partial charge in [-0.3, -0.25) is 9.59 Å².